The summed E-state index contributed by atoms with van der Waals surface area (Å²) in [7, 11) is 0. The molecule has 0 aromatic carbocycles. The van der Waals surface area contributed by atoms with Crippen molar-refractivity contribution in [2.75, 3.05) is 13.2 Å². The molecule has 0 saturated carbocycles. The molecule has 1 aliphatic rings. The predicted molar refractivity (Wildman–Crippen MR) is 63.6 cm³/mol. The molecular weight excluding hydrogens is 218 g/mol. The van der Waals surface area contributed by atoms with Crippen LogP contribution in [0.5, 0.6) is 0 Å². The monoisotopic (exact) mass is 239 g/mol. The molecule has 1 saturated heterocycles. The molecule has 1 aromatic heterocycles. The number of nitrogens with zero attached hydrogens (tertiary/aromatic N) is 2. The Morgan fingerprint density at radius 1 is 1.47 bits per heavy atom. The Bertz CT molecular complexity index is 364. The first-order valence-corrected chi connectivity index (χ1v) is 6.12. The van der Waals surface area contributed by atoms with Crippen molar-refractivity contribution in [3.8, 4) is 0 Å². The van der Waals surface area contributed by atoms with E-state index in [2.05, 4.69) is 30.9 Å². The van der Waals surface area contributed by atoms with E-state index in [1.54, 1.807) is 0 Å². The van der Waals surface area contributed by atoms with Crippen LogP contribution >= 0.6 is 0 Å². The largest absolute Gasteiger partial charge is 0.381 e. The summed E-state index contributed by atoms with van der Waals surface area (Å²) in [6.45, 7) is 7.82. The van der Waals surface area contributed by atoms with Gasteiger partial charge >= 0.3 is 0 Å². The second-order valence-corrected chi connectivity index (χ2v) is 5.78. The van der Waals surface area contributed by atoms with E-state index in [0.29, 0.717) is 24.8 Å². The SMILES string of the molecule is CC(C)(C)C(N)Cc1nc(C2CCOC2)no1. The summed E-state index contributed by atoms with van der Waals surface area (Å²) in [5, 5.41) is 4.01. The van der Waals surface area contributed by atoms with Crippen molar-refractivity contribution >= 4 is 0 Å². The van der Waals surface area contributed by atoms with Crippen molar-refractivity contribution in [3.63, 3.8) is 0 Å². The molecule has 1 aromatic rings. The molecule has 1 fully saturated rings. The van der Waals surface area contributed by atoms with Gasteiger partial charge < -0.3 is 15.0 Å². The first-order valence-electron chi connectivity index (χ1n) is 6.12. The Morgan fingerprint density at radius 2 is 2.24 bits per heavy atom. The van der Waals surface area contributed by atoms with Gasteiger partial charge in [0.2, 0.25) is 5.89 Å². The van der Waals surface area contributed by atoms with Gasteiger partial charge in [0.25, 0.3) is 0 Å². The summed E-state index contributed by atoms with van der Waals surface area (Å²) in [5.41, 5.74) is 6.14. The maximum absolute atomic E-state index is 6.09. The Morgan fingerprint density at radius 3 is 2.82 bits per heavy atom. The predicted octanol–water partition coefficient (Wildman–Crippen LogP) is 1.49. The lowest BCUT2D eigenvalue weighted by Crippen LogP contribution is -2.37. The quantitative estimate of drug-likeness (QED) is 0.865. The van der Waals surface area contributed by atoms with Crippen molar-refractivity contribution in [2.45, 2.75) is 45.6 Å². The van der Waals surface area contributed by atoms with Gasteiger partial charge in [-0.25, -0.2) is 0 Å². The Kier molecular flexibility index (Phi) is 3.49. The van der Waals surface area contributed by atoms with Gasteiger partial charge in [-0.15, -0.1) is 0 Å². The van der Waals surface area contributed by atoms with E-state index in [-0.39, 0.29) is 11.5 Å². The number of hydrogen-bond donors (Lipinski definition) is 1. The van der Waals surface area contributed by atoms with Crippen LogP contribution in [-0.2, 0) is 11.2 Å². The van der Waals surface area contributed by atoms with E-state index in [4.69, 9.17) is 15.0 Å². The minimum Gasteiger partial charge on any atom is -0.381 e. The third-order valence-corrected chi connectivity index (χ3v) is 3.29. The van der Waals surface area contributed by atoms with Crippen molar-refractivity contribution in [1.82, 2.24) is 10.1 Å². The van der Waals surface area contributed by atoms with E-state index in [9.17, 15) is 0 Å². The molecule has 0 radical (unpaired) electrons. The van der Waals surface area contributed by atoms with Crippen LogP contribution in [0.4, 0.5) is 0 Å². The fraction of sp³-hybridized carbons (Fsp3) is 0.833. The van der Waals surface area contributed by atoms with Crippen molar-refractivity contribution in [3.05, 3.63) is 11.7 Å². The number of nitrogens with two attached hydrogens (primary N) is 1. The van der Waals surface area contributed by atoms with E-state index < -0.39 is 0 Å². The molecule has 2 atom stereocenters. The third kappa shape index (κ3) is 3.04. The van der Waals surface area contributed by atoms with Gasteiger partial charge in [0, 0.05) is 25.0 Å². The number of rotatable bonds is 3. The smallest absolute Gasteiger partial charge is 0.228 e. The highest BCUT2D eigenvalue weighted by Gasteiger charge is 2.26. The summed E-state index contributed by atoms with van der Waals surface area (Å²) in [5.74, 6) is 1.69. The molecule has 0 bridgehead atoms. The molecule has 96 valence electrons. The molecule has 5 nitrogen and oxygen atoms in total. The molecule has 2 heterocycles. The van der Waals surface area contributed by atoms with E-state index >= 15 is 0 Å². The van der Waals surface area contributed by atoms with E-state index in [1.165, 1.54) is 0 Å². The van der Waals surface area contributed by atoms with Crippen LogP contribution < -0.4 is 5.73 Å². The zero-order valence-electron chi connectivity index (χ0n) is 10.8. The summed E-state index contributed by atoms with van der Waals surface area (Å²) < 4.78 is 10.6. The maximum atomic E-state index is 6.09. The van der Waals surface area contributed by atoms with Crippen LogP contribution in [-0.4, -0.2) is 29.4 Å². The molecule has 2 rings (SSSR count). The highest BCUT2D eigenvalue weighted by atomic mass is 16.5. The molecule has 2 unspecified atom stereocenters. The zero-order chi connectivity index (χ0) is 12.5. The zero-order valence-corrected chi connectivity index (χ0v) is 10.8. The van der Waals surface area contributed by atoms with Crippen molar-refractivity contribution in [2.24, 2.45) is 11.1 Å². The van der Waals surface area contributed by atoms with Gasteiger partial charge in [0.05, 0.1) is 6.61 Å². The van der Waals surface area contributed by atoms with Crippen LogP contribution in [0.1, 0.15) is 44.8 Å². The van der Waals surface area contributed by atoms with Crippen molar-refractivity contribution < 1.29 is 9.26 Å². The third-order valence-electron chi connectivity index (χ3n) is 3.29. The molecule has 0 spiro atoms. The fourth-order valence-corrected chi connectivity index (χ4v) is 1.75. The second-order valence-electron chi connectivity index (χ2n) is 5.78. The van der Waals surface area contributed by atoms with Crippen LogP contribution in [0.25, 0.3) is 0 Å². The van der Waals surface area contributed by atoms with E-state index in [1.807, 2.05) is 0 Å². The van der Waals surface area contributed by atoms with E-state index in [0.717, 1.165) is 18.9 Å². The molecular formula is C12H21N3O2. The minimum absolute atomic E-state index is 0.0237. The van der Waals surface area contributed by atoms with Gasteiger partial charge in [0.15, 0.2) is 5.82 Å². The Labute approximate surface area is 102 Å². The van der Waals surface area contributed by atoms with Gasteiger partial charge in [-0.2, -0.15) is 4.98 Å². The van der Waals surface area contributed by atoms with Crippen LogP contribution in [0, 0.1) is 5.41 Å². The lowest BCUT2D eigenvalue weighted by atomic mass is 9.85. The molecule has 0 amide bonds. The molecule has 17 heavy (non-hydrogen) atoms. The maximum Gasteiger partial charge on any atom is 0.228 e. The molecule has 2 N–H and O–H groups in total. The summed E-state index contributed by atoms with van der Waals surface area (Å²) in [4.78, 5) is 4.41. The lowest BCUT2D eigenvalue weighted by molar-refractivity contribution is 0.192. The molecule has 0 aliphatic carbocycles. The van der Waals surface area contributed by atoms with Gasteiger partial charge in [0.1, 0.15) is 0 Å². The highest BCUT2D eigenvalue weighted by Crippen LogP contribution is 2.24. The standard InChI is InChI=1S/C12H21N3O2/c1-12(2,3)9(13)6-10-14-11(15-17-10)8-4-5-16-7-8/h8-9H,4-7,13H2,1-3H3. The first-order chi connectivity index (χ1) is 7.97. The minimum atomic E-state index is 0.0237. The highest BCUT2D eigenvalue weighted by molar-refractivity contribution is 4.99. The van der Waals surface area contributed by atoms with Crippen LogP contribution in [0.2, 0.25) is 0 Å². The second kappa shape index (κ2) is 4.74. The van der Waals surface area contributed by atoms with Crippen LogP contribution in [0.15, 0.2) is 4.52 Å². The summed E-state index contributed by atoms with van der Waals surface area (Å²) >= 11 is 0. The van der Waals surface area contributed by atoms with Gasteiger partial charge in [-0.1, -0.05) is 25.9 Å². The lowest BCUT2D eigenvalue weighted by Gasteiger charge is -2.25. The fourth-order valence-electron chi connectivity index (χ4n) is 1.75. The topological polar surface area (TPSA) is 74.2 Å². The average molecular weight is 239 g/mol. The normalized spacial score (nSPS) is 22.9. The Balaban J connectivity index is 1.98. The van der Waals surface area contributed by atoms with Gasteiger partial charge in [-0.3, -0.25) is 0 Å². The molecule has 5 heteroatoms. The number of hydrogen-bond acceptors (Lipinski definition) is 5. The first kappa shape index (κ1) is 12.5. The number of aromatic nitrogens is 2. The van der Waals surface area contributed by atoms with Gasteiger partial charge in [-0.05, 0) is 11.8 Å². The van der Waals surface area contributed by atoms with Crippen LogP contribution in [0.3, 0.4) is 0 Å². The number of ether oxygens (including phenoxy) is 1. The average Bonchev–Trinajstić information content (AvgIpc) is 2.83. The summed E-state index contributed by atoms with van der Waals surface area (Å²) in [6.07, 6.45) is 1.61. The molecule has 1 aliphatic heterocycles. The Hall–Kier alpha value is -0.940. The summed E-state index contributed by atoms with van der Waals surface area (Å²) in [6, 6.07) is 0.0237. The van der Waals surface area contributed by atoms with Crippen molar-refractivity contribution in [1.29, 1.82) is 0 Å².